The van der Waals surface area contributed by atoms with Crippen molar-refractivity contribution in [2.45, 2.75) is 6.18 Å². The monoisotopic (exact) mass is 242 g/mol. The van der Waals surface area contributed by atoms with Crippen LogP contribution in [0.25, 0.3) is 11.3 Å². The van der Waals surface area contributed by atoms with Crippen molar-refractivity contribution in [1.82, 2.24) is 9.78 Å². The van der Waals surface area contributed by atoms with Gasteiger partial charge in [-0.05, 0) is 18.2 Å². The highest BCUT2D eigenvalue weighted by Gasteiger charge is 2.34. The summed E-state index contributed by atoms with van der Waals surface area (Å²) in [5.74, 6) is -0.0794. The van der Waals surface area contributed by atoms with Crippen LogP contribution in [0.3, 0.4) is 0 Å². The molecule has 3 nitrogen and oxygen atoms in total. The van der Waals surface area contributed by atoms with Crippen molar-refractivity contribution in [3.63, 3.8) is 0 Å². The lowest BCUT2D eigenvalue weighted by Crippen LogP contribution is -2.06. The number of aromatic hydroxyl groups is 1. The molecule has 90 valence electrons. The molecule has 0 aliphatic carbocycles. The van der Waals surface area contributed by atoms with Gasteiger partial charge in [0.1, 0.15) is 5.75 Å². The van der Waals surface area contributed by atoms with Crippen LogP contribution in [0.2, 0.25) is 0 Å². The topological polar surface area (TPSA) is 38.0 Å². The Balaban J connectivity index is 2.55. The van der Waals surface area contributed by atoms with Gasteiger partial charge in [-0.3, -0.25) is 4.68 Å². The van der Waals surface area contributed by atoms with E-state index in [0.29, 0.717) is 5.56 Å². The van der Waals surface area contributed by atoms with Crippen molar-refractivity contribution in [3.8, 4) is 17.0 Å². The average Bonchev–Trinajstić information content (AvgIpc) is 2.61. The number of benzene rings is 1. The molecule has 1 aromatic carbocycles. The smallest absolute Gasteiger partial charge is 0.435 e. The van der Waals surface area contributed by atoms with E-state index < -0.39 is 11.9 Å². The third-order valence-electron chi connectivity index (χ3n) is 2.35. The maximum absolute atomic E-state index is 12.5. The predicted octanol–water partition coefficient (Wildman–Crippen LogP) is 2.81. The highest BCUT2D eigenvalue weighted by atomic mass is 19.4. The minimum absolute atomic E-state index is 0.0794. The Kier molecular flexibility index (Phi) is 2.57. The van der Waals surface area contributed by atoms with Gasteiger partial charge in [-0.1, -0.05) is 12.1 Å². The molecule has 0 unspecified atom stereocenters. The molecule has 0 saturated carbocycles. The van der Waals surface area contributed by atoms with Crippen LogP contribution in [0.5, 0.6) is 5.75 Å². The summed E-state index contributed by atoms with van der Waals surface area (Å²) in [6.45, 7) is 0. The first-order chi connectivity index (χ1) is 7.89. The van der Waals surface area contributed by atoms with Gasteiger partial charge < -0.3 is 5.11 Å². The normalized spacial score (nSPS) is 11.8. The molecule has 0 bridgehead atoms. The Labute approximate surface area is 95.1 Å². The predicted molar refractivity (Wildman–Crippen MR) is 55.3 cm³/mol. The number of aromatic nitrogens is 2. The van der Waals surface area contributed by atoms with Crippen molar-refractivity contribution < 1.29 is 18.3 Å². The minimum Gasteiger partial charge on any atom is -0.507 e. The number of hydrogen-bond acceptors (Lipinski definition) is 2. The van der Waals surface area contributed by atoms with Crippen molar-refractivity contribution in [1.29, 1.82) is 0 Å². The van der Waals surface area contributed by atoms with E-state index in [2.05, 4.69) is 5.10 Å². The summed E-state index contributed by atoms with van der Waals surface area (Å²) in [5, 5.41) is 13.0. The summed E-state index contributed by atoms with van der Waals surface area (Å²) in [6.07, 6.45) is -4.49. The minimum atomic E-state index is -4.49. The first kappa shape index (κ1) is 11.5. The third kappa shape index (κ3) is 2.11. The summed E-state index contributed by atoms with van der Waals surface area (Å²) < 4.78 is 38.5. The average molecular weight is 242 g/mol. The molecule has 6 heteroatoms. The highest BCUT2D eigenvalue weighted by molar-refractivity contribution is 5.67. The quantitative estimate of drug-likeness (QED) is 0.835. The van der Waals surface area contributed by atoms with Gasteiger partial charge in [0, 0.05) is 12.6 Å². The van der Waals surface area contributed by atoms with Gasteiger partial charge in [0.15, 0.2) is 5.69 Å². The maximum atomic E-state index is 12.5. The van der Waals surface area contributed by atoms with E-state index in [0.717, 1.165) is 10.7 Å². The summed E-state index contributed by atoms with van der Waals surface area (Å²) >= 11 is 0. The molecule has 0 aliphatic rings. The number of phenols is 1. The van der Waals surface area contributed by atoms with Gasteiger partial charge in [0.05, 0.1) is 5.69 Å². The molecule has 0 fully saturated rings. The van der Waals surface area contributed by atoms with E-state index in [4.69, 9.17) is 0 Å². The van der Waals surface area contributed by atoms with Gasteiger partial charge in [-0.15, -0.1) is 0 Å². The summed E-state index contributed by atoms with van der Waals surface area (Å²) in [5.41, 5.74) is -0.438. The van der Waals surface area contributed by atoms with E-state index in [1.165, 1.54) is 19.2 Å². The number of aryl methyl sites for hydroxylation is 1. The molecule has 0 radical (unpaired) electrons. The summed E-state index contributed by atoms with van der Waals surface area (Å²) in [4.78, 5) is 0. The molecule has 2 aromatic rings. The van der Waals surface area contributed by atoms with E-state index in [9.17, 15) is 18.3 Å². The van der Waals surface area contributed by atoms with Crippen molar-refractivity contribution in [2.24, 2.45) is 7.05 Å². The summed E-state index contributed by atoms with van der Waals surface area (Å²) in [6, 6.07) is 7.09. The zero-order chi connectivity index (χ0) is 12.6. The van der Waals surface area contributed by atoms with Crippen molar-refractivity contribution in [3.05, 3.63) is 36.0 Å². The molecule has 1 heterocycles. The Hall–Kier alpha value is -1.98. The molecule has 0 spiro atoms. The zero-order valence-electron chi connectivity index (χ0n) is 8.86. The fraction of sp³-hybridized carbons (Fsp3) is 0.182. The molecule has 1 N–H and O–H groups in total. The molecule has 0 aliphatic heterocycles. The third-order valence-corrected chi connectivity index (χ3v) is 2.35. The Morgan fingerprint density at radius 2 is 1.88 bits per heavy atom. The number of para-hydroxylation sites is 1. The van der Waals surface area contributed by atoms with Crippen LogP contribution in [0.1, 0.15) is 5.69 Å². The van der Waals surface area contributed by atoms with E-state index in [1.807, 2.05) is 0 Å². The number of nitrogens with zero attached hydrogens (tertiary/aromatic N) is 2. The second-order valence-corrected chi connectivity index (χ2v) is 3.55. The first-order valence-electron chi connectivity index (χ1n) is 4.79. The lowest BCUT2D eigenvalue weighted by Gasteiger charge is -2.03. The van der Waals surface area contributed by atoms with Crippen LogP contribution in [-0.2, 0) is 13.2 Å². The van der Waals surface area contributed by atoms with Crippen LogP contribution in [0.15, 0.2) is 30.3 Å². The number of hydrogen-bond donors (Lipinski definition) is 1. The van der Waals surface area contributed by atoms with E-state index in [1.54, 1.807) is 12.1 Å². The molecule has 17 heavy (non-hydrogen) atoms. The second-order valence-electron chi connectivity index (χ2n) is 3.55. The molecule has 0 amide bonds. The van der Waals surface area contributed by atoms with Gasteiger partial charge in [-0.25, -0.2) is 0 Å². The fourth-order valence-corrected chi connectivity index (χ4v) is 1.55. The first-order valence-corrected chi connectivity index (χ1v) is 4.79. The van der Waals surface area contributed by atoms with Crippen LogP contribution in [-0.4, -0.2) is 14.9 Å². The van der Waals surface area contributed by atoms with Gasteiger partial charge >= 0.3 is 6.18 Å². The lowest BCUT2D eigenvalue weighted by molar-refractivity contribution is -0.141. The Morgan fingerprint density at radius 1 is 1.24 bits per heavy atom. The highest BCUT2D eigenvalue weighted by Crippen LogP contribution is 2.34. The van der Waals surface area contributed by atoms with Crippen LogP contribution >= 0.6 is 0 Å². The van der Waals surface area contributed by atoms with Crippen molar-refractivity contribution >= 4 is 0 Å². The molecule has 2 rings (SSSR count). The largest absolute Gasteiger partial charge is 0.507 e. The standard InChI is InChI=1S/C11H9F3N2O/c1-16-8(6-10(15-16)11(12,13)14)7-4-2-3-5-9(7)17/h2-6,17H,1H3. The fourth-order valence-electron chi connectivity index (χ4n) is 1.55. The van der Waals surface area contributed by atoms with Gasteiger partial charge in [0.25, 0.3) is 0 Å². The van der Waals surface area contributed by atoms with Crippen LogP contribution < -0.4 is 0 Å². The molecule has 0 saturated heterocycles. The van der Waals surface area contributed by atoms with Gasteiger partial charge in [0.2, 0.25) is 0 Å². The van der Waals surface area contributed by atoms with Crippen LogP contribution in [0.4, 0.5) is 13.2 Å². The zero-order valence-corrected chi connectivity index (χ0v) is 8.86. The maximum Gasteiger partial charge on any atom is 0.435 e. The molecule has 1 aromatic heterocycles. The van der Waals surface area contributed by atoms with Gasteiger partial charge in [-0.2, -0.15) is 18.3 Å². The Morgan fingerprint density at radius 3 is 2.41 bits per heavy atom. The van der Waals surface area contributed by atoms with Crippen LogP contribution in [0, 0.1) is 0 Å². The number of rotatable bonds is 1. The number of halogens is 3. The van der Waals surface area contributed by atoms with Crippen molar-refractivity contribution in [2.75, 3.05) is 0 Å². The molecular formula is C11H9F3N2O. The SMILES string of the molecule is Cn1nc(C(F)(F)F)cc1-c1ccccc1O. The summed E-state index contributed by atoms with van der Waals surface area (Å²) in [7, 11) is 1.40. The van der Waals surface area contributed by atoms with E-state index >= 15 is 0 Å². The lowest BCUT2D eigenvalue weighted by atomic mass is 10.1. The molecule has 0 atom stereocenters. The second kappa shape index (κ2) is 3.80. The number of phenolic OH excluding ortho intramolecular Hbond substituents is 1. The molecular weight excluding hydrogens is 233 g/mol. The van der Waals surface area contributed by atoms with E-state index in [-0.39, 0.29) is 11.4 Å². The Bertz CT molecular complexity index is 546. The number of alkyl halides is 3.